The Morgan fingerprint density at radius 2 is 0.471 bits per heavy atom. The molecule has 140 heavy (non-hydrogen) atoms. The number of aromatic nitrogens is 4. The average Bonchev–Trinajstić information content (AvgIpc) is 0.734. The van der Waals surface area contributed by atoms with Crippen molar-refractivity contribution in [1.29, 1.82) is 0 Å². The van der Waals surface area contributed by atoms with Crippen LogP contribution >= 0.6 is 0 Å². The van der Waals surface area contributed by atoms with E-state index in [1.54, 1.807) is 15.6 Å². The summed E-state index contributed by atoms with van der Waals surface area (Å²) in [6, 6.07) is 95.3. The lowest BCUT2D eigenvalue weighted by Gasteiger charge is -2.50. The van der Waals surface area contributed by atoms with Crippen molar-refractivity contribution in [3.8, 4) is 89.5 Å². The van der Waals surface area contributed by atoms with Crippen LogP contribution in [0.4, 0.5) is 0 Å². The summed E-state index contributed by atoms with van der Waals surface area (Å²) >= 11 is 0. The normalized spacial score (nSPS) is 12.5. The number of fused-ring (bicyclic) bond motifs is 4. The highest BCUT2D eigenvalue weighted by molar-refractivity contribution is 6.96. The lowest BCUT2D eigenvalue weighted by molar-refractivity contribution is -0.659. The second kappa shape index (κ2) is 41.2. The van der Waals surface area contributed by atoms with Crippen molar-refractivity contribution in [3.63, 3.8) is 0 Å². The highest BCUT2D eigenvalue weighted by Crippen LogP contribution is 2.52. The molecule has 0 aliphatic carbocycles. The zero-order valence-electron chi connectivity index (χ0n) is 93.3. The molecular weight excluding hydrogens is 1750 g/mol. The number of hydrogen-bond donors (Lipinski definition) is 0. The fraction of sp³-hybridized carbons (Fsp3) is 0.364. The molecule has 0 radical (unpaired) electrons. The molecule has 0 saturated carbocycles. The van der Waals surface area contributed by atoms with Crippen LogP contribution in [0, 0.1) is 83.1 Å². The first-order valence-electron chi connectivity index (χ1n) is 52.0. The van der Waals surface area contributed by atoms with E-state index in [1.807, 2.05) is 0 Å². The lowest BCUT2D eigenvalue weighted by Crippen LogP contribution is -2.58. The summed E-state index contributed by atoms with van der Waals surface area (Å²) in [5.41, 5.74) is 39.1. The Kier molecular flexibility index (Phi) is 31.4. The van der Waals surface area contributed by atoms with Crippen molar-refractivity contribution in [1.82, 2.24) is 0 Å². The average molecular weight is 1920 g/mol. The Labute approximate surface area is 850 Å². The molecular formula is C132H168N4Si4+4. The summed E-state index contributed by atoms with van der Waals surface area (Å²) in [7, 11) is 1.95. The molecule has 8 heteroatoms. The number of nitrogens with zero attached hydrogens (tertiary/aromatic N) is 4. The van der Waals surface area contributed by atoms with Gasteiger partial charge < -0.3 is 0 Å². The summed E-state index contributed by atoms with van der Waals surface area (Å²) in [6.45, 7) is 82.9. The predicted molar refractivity (Wildman–Crippen MR) is 625 cm³/mol. The molecule has 4 aromatic heterocycles. The molecule has 0 aliphatic rings. The zero-order chi connectivity index (χ0) is 103. The minimum atomic E-state index is -1.83. The number of hydrogen-bond acceptors (Lipinski definition) is 0. The van der Waals surface area contributed by atoms with E-state index in [1.165, 1.54) is 217 Å². The highest BCUT2D eigenvalue weighted by Gasteiger charge is 2.51. The molecule has 0 spiro atoms. The summed E-state index contributed by atoms with van der Waals surface area (Å²) in [4.78, 5) is 0. The molecule has 0 unspecified atom stereocenters. The molecule has 16 aromatic rings. The lowest BCUT2D eigenvalue weighted by atomic mass is 9.92. The van der Waals surface area contributed by atoms with E-state index in [4.69, 9.17) is 0 Å². The largest absolute Gasteiger partial charge is 0.220 e. The summed E-state index contributed by atoms with van der Waals surface area (Å²) in [6.07, 6.45) is 8.92. The first-order valence-corrected chi connectivity index (χ1v) is 62.2. The second-order valence-electron chi connectivity index (χ2n) is 47.4. The number of pyridine rings is 4. The van der Waals surface area contributed by atoms with Crippen LogP contribution in [0.3, 0.4) is 0 Å². The molecule has 728 valence electrons. The minimum Gasteiger partial charge on any atom is -0.200 e. The smallest absolute Gasteiger partial charge is 0.200 e. The summed E-state index contributed by atoms with van der Waals surface area (Å²) in [5.74, 6) is 0. The number of benzene rings is 12. The monoisotopic (exact) mass is 1920 g/mol. The van der Waals surface area contributed by atoms with E-state index >= 15 is 0 Å². The molecule has 16 rings (SSSR count). The van der Waals surface area contributed by atoms with Gasteiger partial charge in [0.05, 0.1) is 53.8 Å². The van der Waals surface area contributed by atoms with E-state index in [9.17, 15) is 0 Å². The van der Waals surface area contributed by atoms with Crippen LogP contribution in [-0.2, 0) is 28.2 Å². The minimum absolute atomic E-state index is 0.265. The Balaban J connectivity index is 0.000000157. The Hall–Kier alpha value is -10.9. The maximum absolute atomic E-state index is 2.58. The SMILES string of the molecule is CC[Si](CC)(c1ccc2c(-c3ccc(-c4c(C)cccc4C)cc3C)[n+](C)ccc2c1)C(C)(C)C.Cc1cc(-c2c(C)cccc2C)ccc1-c1c2ccc([Si](C(C)C)(C(C)C)C(C)C)cc2cc[n+]1C.Cc1cc(-c2c(C)cccc2C)ccc1-c1c2ccc([Si](C)(C(C)(C)C)C(C)(C)C)cc2cc[n+]1C.Cc1cc(-c2c(C)cccc2C)ccc1-c1c2ccc([Si](C)(C)C(C)(C)C)cc2cc[n+]1C. The molecule has 0 atom stereocenters. The molecule has 4 heterocycles. The summed E-state index contributed by atoms with van der Waals surface area (Å²) < 4.78 is 9.14. The van der Waals surface area contributed by atoms with Crippen molar-refractivity contribution in [3.05, 3.63) is 334 Å². The molecule has 4 nitrogen and oxygen atoms in total. The van der Waals surface area contributed by atoms with Crippen molar-refractivity contribution in [2.75, 3.05) is 0 Å². The van der Waals surface area contributed by atoms with Gasteiger partial charge in [-0.15, -0.1) is 0 Å². The molecule has 0 N–H and O–H groups in total. The van der Waals surface area contributed by atoms with Crippen molar-refractivity contribution >= 4 is 96.1 Å². The molecule has 0 aliphatic heterocycles. The zero-order valence-corrected chi connectivity index (χ0v) is 97.3. The van der Waals surface area contributed by atoms with Crippen LogP contribution in [0.1, 0.15) is 205 Å². The fourth-order valence-electron chi connectivity index (χ4n) is 25.1. The van der Waals surface area contributed by atoms with Gasteiger partial charge in [0.15, 0.2) is 24.8 Å². The van der Waals surface area contributed by atoms with Crippen LogP contribution in [0.25, 0.3) is 133 Å². The van der Waals surface area contributed by atoms with Crippen LogP contribution < -0.4 is 39.0 Å². The van der Waals surface area contributed by atoms with E-state index in [0.29, 0.717) is 26.7 Å². The number of rotatable bonds is 17. The van der Waals surface area contributed by atoms with Gasteiger partial charge in [0.1, 0.15) is 28.2 Å². The van der Waals surface area contributed by atoms with Crippen LogP contribution in [-0.4, -0.2) is 32.3 Å². The van der Waals surface area contributed by atoms with Gasteiger partial charge in [-0.3, -0.25) is 0 Å². The van der Waals surface area contributed by atoms with Crippen LogP contribution in [0.15, 0.2) is 267 Å². The van der Waals surface area contributed by atoms with Gasteiger partial charge in [0, 0.05) is 46.5 Å². The summed E-state index contributed by atoms with van der Waals surface area (Å²) in [5, 5.41) is 18.2. The van der Waals surface area contributed by atoms with E-state index in [-0.39, 0.29) is 10.1 Å². The van der Waals surface area contributed by atoms with Gasteiger partial charge in [0.25, 0.3) is 0 Å². The van der Waals surface area contributed by atoms with Crippen molar-refractivity contribution in [2.24, 2.45) is 28.2 Å². The van der Waals surface area contributed by atoms with Gasteiger partial charge in [0.2, 0.25) is 22.8 Å². The van der Waals surface area contributed by atoms with Crippen molar-refractivity contribution in [2.45, 2.75) is 290 Å². The fourth-order valence-corrected chi connectivity index (χ4v) is 43.7. The molecule has 12 aromatic carbocycles. The van der Waals surface area contributed by atoms with Gasteiger partial charge >= 0.3 is 0 Å². The third-order valence-corrected chi connectivity index (χ3v) is 61.0. The Morgan fingerprint density at radius 3 is 0.700 bits per heavy atom. The quantitative estimate of drug-likeness (QED) is 0.0638. The second-order valence-corrected chi connectivity index (χ2v) is 70.1. The first kappa shape index (κ1) is 106. The molecule has 0 fully saturated rings. The van der Waals surface area contributed by atoms with Crippen molar-refractivity contribution < 1.29 is 18.3 Å². The molecule has 0 saturated heterocycles. The Bertz CT molecular complexity index is 7040. The predicted octanol–water partition coefficient (Wildman–Crippen LogP) is 33.7. The van der Waals surface area contributed by atoms with Gasteiger partial charge in [-0.25, -0.2) is 18.3 Å². The van der Waals surface area contributed by atoms with Gasteiger partial charge in [-0.05, 0) is 301 Å². The highest BCUT2D eigenvalue weighted by atomic mass is 28.3. The van der Waals surface area contributed by atoms with Crippen LogP contribution in [0.5, 0.6) is 0 Å². The third kappa shape index (κ3) is 20.1. The first-order chi connectivity index (χ1) is 65.6. The van der Waals surface area contributed by atoms with Crippen LogP contribution in [0.2, 0.25) is 68.5 Å². The van der Waals surface area contributed by atoms with Gasteiger partial charge in [-0.1, -0.05) is 361 Å². The Morgan fingerprint density at radius 1 is 0.243 bits per heavy atom. The number of aryl methyl sites for hydroxylation is 16. The van der Waals surface area contributed by atoms with E-state index in [0.717, 1.165) is 0 Å². The maximum Gasteiger partial charge on any atom is 0.220 e. The molecule has 0 amide bonds. The van der Waals surface area contributed by atoms with Gasteiger partial charge in [-0.2, -0.15) is 0 Å². The van der Waals surface area contributed by atoms with E-state index < -0.39 is 32.3 Å². The van der Waals surface area contributed by atoms with E-state index in [2.05, 4.69) is 555 Å². The standard InChI is InChI=1S/2C34H44NSi.C33H42NSi.C31H38NSi/c1-23-13-12-14-24(2)31(23)27-15-17-29(25(3)21-27)32-30-18-16-28(22-26(30)19-20-35(32)10)36(11,33(4,5)6)34(7,8)9;1-22(2)36(23(3)4,24(5)6)30-15-17-32-28(21-30)18-19-35(10)34(32)31-16-14-29(20-27(31)9)33-25(7)12-11-13-26(33)8;1-10-35(11-2,33(6,7)8)28-16-18-30-26(22-28)19-20-34(9)32(30)29-17-15-27(21-25(29)5)31-23(3)13-12-14-24(31)4;1-21-11-10-12-22(2)29(21)25-13-15-27(23(3)19-25)30-28-16-14-26(33(8,9)31(4,5)6)20-24(28)17-18-32(30)7/h12-22H,1-11H3;11-24H,1-10H3;12-22H,10-11H2,1-9H3;10-20H,1-9H3/q4*+1. The molecule has 0 bridgehead atoms. The topological polar surface area (TPSA) is 15.5 Å². The maximum atomic E-state index is 2.58. The third-order valence-electron chi connectivity index (χ3n) is 34.3.